The van der Waals surface area contributed by atoms with E-state index in [2.05, 4.69) is 14.7 Å². The largest absolute Gasteiger partial charge is 0.415 e. The predicted molar refractivity (Wildman–Crippen MR) is 38.0 cm³/mol. The van der Waals surface area contributed by atoms with E-state index in [1.807, 2.05) is 0 Å². The van der Waals surface area contributed by atoms with Gasteiger partial charge in [-0.25, -0.2) is 4.98 Å². The van der Waals surface area contributed by atoms with E-state index >= 15 is 0 Å². The molecule has 0 saturated heterocycles. The molecule has 0 fully saturated rings. The van der Waals surface area contributed by atoms with Gasteiger partial charge in [-0.15, -0.1) is 0 Å². The molecule has 0 unspecified atom stereocenters. The van der Waals surface area contributed by atoms with Crippen LogP contribution in [0.2, 0.25) is 0 Å². The first-order chi connectivity index (χ1) is 5.74. The molecule has 0 atom stereocenters. The highest BCUT2D eigenvalue weighted by molar-refractivity contribution is 5.16. The van der Waals surface area contributed by atoms with E-state index in [4.69, 9.17) is 0 Å². The van der Waals surface area contributed by atoms with Gasteiger partial charge in [-0.2, -0.15) is 8.78 Å². The van der Waals surface area contributed by atoms with E-state index in [1.54, 1.807) is 6.92 Å². The summed E-state index contributed by atoms with van der Waals surface area (Å²) in [5, 5.41) is 0. The van der Waals surface area contributed by atoms with Crippen LogP contribution in [-0.4, -0.2) is 16.6 Å². The first-order valence-corrected chi connectivity index (χ1v) is 3.48. The highest BCUT2D eigenvalue weighted by Gasteiger charge is 2.09. The fourth-order valence-corrected chi connectivity index (χ4v) is 0.779. The molecule has 5 heteroatoms. The molecule has 0 aliphatic rings. The first-order valence-electron chi connectivity index (χ1n) is 3.48. The fraction of sp³-hybridized carbons (Fsp3) is 0.429. The molecule has 1 aromatic rings. The number of rotatable bonds is 3. The third kappa shape index (κ3) is 2.11. The van der Waals surface area contributed by atoms with Crippen molar-refractivity contribution >= 4 is 0 Å². The van der Waals surface area contributed by atoms with Gasteiger partial charge in [0.15, 0.2) is 0 Å². The van der Waals surface area contributed by atoms with Crippen LogP contribution in [0, 0.1) is 0 Å². The summed E-state index contributed by atoms with van der Waals surface area (Å²) < 4.78 is 27.6. The Bertz CT molecular complexity index is 255. The van der Waals surface area contributed by atoms with Crippen molar-refractivity contribution in [2.24, 2.45) is 0 Å². The zero-order valence-corrected chi connectivity index (χ0v) is 6.50. The van der Waals surface area contributed by atoms with Crippen molar-refractivity contribution in [3.05, 3.63) is 18.1 Å². The predicted octanol–water partition coefficient (Wildman–Crippen LogP) is 1.64. The molecule has 0 spiro atoms. The van der Waals surface area contributed by atoms with Gasteiger partial charge in [0.2, 0.25) is 5.88 Å². The molecule has 0 aromatic carbocycles. The molecular formula is C7H8F2N2O. The minimum atomic E-state index is -2.84. The van der Waals surface area contributed by atoms with Crippen LogP contribution in [0.1, 0.15) is 12.6 Å². The lowest BCUT2D eigenvalue weighted by Gasteiger charge is -2.05. The van der Waals surface area contributed by atoms with Gasteiger partial charge in [0.05, 0.1) is 0 Å². The third-order valence-electron chi connectivity index (χ3n) is 1.27. The molecule has 12 heavy (non-hydrogen) atoms. The number of halogens is 2. The number of aromatic nitrogens is 2. The van der Waals surface area contributed by atoms with Crippen LogP contribution >= 0.6 is 0 Å². The molecule has 1 aromatic heterocycles. The molecule has 0 radical (unpaired) electrons. The van der Waals surface area contributed by atoms with Crippen LogP contribution in [-0.2, 0) is 6.42 Å². The third-order valence-corrected chi connectivity index (χ3v) is 1.27. The fourth-order valence-electron chi connectivity index (χ4n) is 0.779. The minimum absolute atomic E-state index is 0.0880. The summed E-state index contributed by atoms with van der Waals surface area (Å²) >= 11 is 0. The number of hydrogen-bond donors (Lipinski definition) is 0. The van der Waals surface area contributed by atoms with Crippen molar-refractivity contribution in [3.63, 3.8) is 0 Å². The maximum atomic E-state index is 11.7. The molecule has 3 nitrogen and oxygen atoms in total. The normalized spacial score (nSPS) is 10.3. The van der Waals surface area contributed by atoms with Gasteiger partial charge in [-0.3, -0.25) is 4.98 Å². The quantitative estimate of drug-likeness (QED) is 0.698. The zero-order chi connectivity index (χ0) is 8.97. The van der Waals surface area contributed by atoms with E-state index in [0.29, 0.717) is 12.1 Å². The van der Waals surface area contributed by atoms with Crippen molar-refractivity contribution in [1.29, 1.82) is 0 Å². The second-order valence-corrected chi connectivity index (χ2v) is 2.04. The Morgan fingerprint density at radius 3 is 2.67 bits per heavy atom. The lowest BCUT2D eigenvalue weighted by atomic mass is 10.3. The highest BCUT2D eigenvalue weighted by atomic mass is 19.3. The van der Waals surface area contributed by atoms with Crippen molar-refractivity contribution in [2.75, 3.05) is 0 Å². The Morgan fingerprint density at radius 2 is 2.08 bits per heavy atom. The van der Waals surface area contributed by atoms with Crippen molar-refractivity contribution in [3.8, 4) is 5.88 Å². The van der Waals surface area contributed by atoms with Gasteiger partial charge in [0.25, 0.3) is 0 Å². The Morgan fingerprint density at radius 1 is 1.42 bits per heavy atom. The molecular weight excluding hydrogens is 166 g/mol. The SMILES string of the molecule is CCc1nccnc1OC(F)F. The van der Waals surface area contributed by atoms with Gasteiger partial charge in [-0.1, -0.05) is 6.92 Å². The topological polar surface area (TPSA) is 35.0 Å². The van der Waals surface area contributed by atoms with E-state index in [9.17, 15) is 8.78 Å². The van der Waals surface area contributed by atoms with E-state index in [1.165, 1.54) is 12.4 Å². The Hall–Kier alpha value is -1.26. The van der Waals surface area contributed by atoms with Crippen LogP contribution < -0.4 is 4.74 Å². The molecule has 0 saturated carbocycles. The summed E-state index contributed by atoms with van der Waals surface area (Å²) in [5.41, 5.74) is 0.442. The summed E-state index contributed by atoms with van der Waals surface area (Å²) in [4.78, 5) is 7.45. The number of hydrogen-bond acceptors (Lipinski definition) is 3. The van der Waals surface area contributed by atoms with E-state index in [-0.39, 0.29) is 5.88 Å². The van der Waals surface area contributed by atoms with Crippen LogP contribution in [0.15, 0.2) is 12.4 Å². The Kier molecular flexibility index (Phi) is 2.90. The lowest BCUT2D eigenvalue weighted by Crippen LogP contribution is -2.06. The van der Waals surface area contributed by atoms with E-state index < -0.39 is 6.61 Å². The molecule has 1 rings (SSSR count). The molecule has 0 N–H and O–H groups in total. The molecule has 0 aliphatic heterocycles. The smallest absolute Gasteiger partial charge is 0.388 e. The minimum Gasteiger partial charge on any atom is -0.415 e. The van der Waals surface area contributed by atoms with Crippen molar-refractivity contribution in [2.45, 2.75) is 20.0 Å². The summed E-state index contributed by atoms with van der Waals surface area (Å²) in [6.07, 6.45) is 3.28. The van der Waals surface area contributed by atoms with Crippen LogP contribution in [0.5, 0.6) is 5.88 Å². The molecule has 0 aliphatic carbocycles. The van der Waals surface area contributed by atoms with Crippen LogP contribution in [0.3, 0.4) is 0 Å². The Balaban J connectivity index is 2.82. The van der Waals surface area contributed by atoms with Crippen molar-refractivity contribution < 1.29 is 13.5 Å². The first kappa shape index (κ1) is 8.83. The molecule has 1 heterocycles. The Labute approximate surface area is 68.4 Å². The van der Waals surface area contributed by atoms with Crippen molar-refractivity contribution in [1.82, 2.24) is 9.97 Å². The monoisotopic (exact) mass is 174 g/mol. The van der Waals surface area contributed by atoms with Gasteiger partial charge < -0.3 is 4.74 Å². The molecule has 0 amide bonds. The lowest BCUT2D eigenvalue weighted by molar-refractivity contribution is -0.0537. The standard InChI is InChI=1S/C7H8F2N2O/c1-2-5-6(12-7(8)9)11-4-3-10-5/h3-4,7H,2H2,1H3. The van der Waals surface area contributed by atoms with Gasteiger partial charge in [0.1, 0.15) is 5.69 Å². The number of nitrogens with zero attached hydrogens (tertiary/aromatic N) is 2. The molecule has 0 bridgehead atoms. The number of ether oxygens (including phenoxy) is 1. The second-order valence-electron chi connectivity index (χ2n) is 2.04. The van der Waals surface area contributed by atoms with Crippen LogP contribution in [0.25, 0.3) is 0 Å². The highest BCUT2D eigenvalue weighted by Crippen LogP contribution is 2.14. The number of aryl methyl sites for hydroxylation is 1. The summed E-state index contributed by atoms with van der Waals surface area (Å²) in [7, 11) is 0. The second kappa shape index (κ2) is 3.94. The summed E-state index contributed by atoms with van der Waals surface area (Å²) in [6.45, 7) is -1.05. The van der Waals surface area contributed by atoms with E-state index in [0.717, 1.165) is 0 Å². The summed E-state index contributed by atoms with van der Waals surface area (Å²) in [5.74, 6) is -0.0880. The molecule has 66 valence electrons. The average Bonchev–Trinajstić information content (AvgIpc) is 2.04. The maximum absolute atomic E-state index is 11.7. The zero-order valence-electron chi connectivity index (χ0n) is 6.50. The van der Waals surface area contributed by atoms with Gasteiger partial charge in [0, 0.05) is 12.4 Å². The summed E-state index contributed by atoms with van der Waals surface area (Å²) in [6, 6.07) is 0. The van der Waals surface area contributed by atoms with Gasteiger partial charge in [-0.05, 0) is 6.42 Å². The van der Waals surface area contributed by atoms with Crippen LogP contribution in [0.4, 0.5) is 8.78 Å². The maximum Gasteiger partial charge on any atom is 0.388 e. The average molecular weight is 174 g/mol. The van der Waals surface area contributed by atoms with Gasteiger partial charge >= 0.3 is 6.61 Å². The number of alkyl halides is 2.